The van der Waals surface area contributed by atoms with Gasteiger partial charge in [-0.2, -0.15) is 10.2 Å². The van der Waals surface area contributed by atoms with Crippen LogP contribution in [0, 0.1) is 0 Å². The molecule has 4 nitrogen and oxygen atoms in total. The van der Waals surface area contributed by atoms with Gasteiger partial charge in [0, 0.05) is 6.20 Å². The van der Waals surface area contributed by atoms with Crippen LogP contribution < -0.4 is 0 Å². The van der Waals surface area contributed by atoms with Crippen LogP contribution in [0.2, 0.25) is 0 Å². The Kier molecular flexibility index (Phi) is 2.01. The number of rotatable bonds is 1. The van der Waals surface area contributed by atoms with Gasteiger partial charge in [0.25, 0.3) is 0 Å². The van der Waals surface area contributed by atoms with E-state index >= 15 is 0 Å². The van der Waals surface area contributed by atoms with Crippen molar-refractivity contribution in [1.29, 1.82) is 0 Å². The Hall–Kier alpha value is -1.00. The quantitative estimate of drug-likeness (QED) is 0.656. The Bertz CT molecular complexity index is 287. The maximum atomic E-state index is 5.61. The van der Waals surface area contributed by atoms with E-state index in [1.807, 2.05) is 26.0 Å². The van der Waals surface area contributed by atoms with Crippen LogP contribution >= 0.6 is 0 Å². The molecular weight excluding hydrogens is 170 g/mol. The van der Waals surface area contributed by atoms with Gasteiger partial charge in [-0.25, -0.2) is 0 Å². The molecule has 0 N–H and O–H groups in total. The highest BCUT2D eigenvalue weighted by Crippen LogP contribution is 2.31. The lowest BCUT2D eigenvalue weighted by Gasteiger charge is -2.16. The summed E-state index contributed by atoms with van der Waals surface area (Å²) in [5.74, 6) is -0.498. The highest BCUT2D eigenvalue weighted by molar-refractivity contribution is 5.04. The Morgan fingerprint density at radius 1 is 1.54 bits per heavy atom. The normalized spacial score (nSPS) is 26.2. The Labute approximate surface area is 76.9 Å². The molecular formula is C9H12N2O2. The smallest absolute Gasteiger partial charge is 0.163 e. The van der Waals surface area contributed by atoms with Crippen molar-refractivity contribution in [3.05, 3.63) is 24.0 Å². The van der Waals surface area contributed by atoms with Crippen LogP contribution in [0.1, 0.15) is 25.6 Å². The molecule has 0 aromatic carbocycles. The minimum atomic E-state index is -0.498. The third kappa shape index (κ3) is 1.84. The lowest BCUT2D eigenvalue weighted by Crippen LogP contribution is -2.19. The molecule has 1 aliphatic rings. The summed E-state index contributed by atoms with van der Waals surface area (Å²) in [7, 11) is 0. The first kappa shape index (κ1) is 8.59. The van der Waals surface area contributed by atoms with E-state index in [0.29, 0.717) is 6.61 Å². The molecule has 0 radical (unpaired) electrons. The van der Waals surface area contributed by atoms with Crippen molar-refractivity contribution in [2.24, 2.45) is 0 Å². The predicted octanol–water partition coefficient (Wildman–Crippen LogP) is 1.30. The van der Waals surface area contributed by atoms with Crippen LogP contribution in [0.15, 0.2) is 18.3 Å². The zero-order valence-corrected chi connectivity index (χ0v) is 7.73. The first-order valence-electron chi connectivity index (χ1n) is 4.27. The summed E-state index contributed by atoms with van der Waals surface area (Å²) >= 11 is 0. The van der Waals surface area contributed by atoms with E-state index in [1.165, 1.54) is 0 Å². The zero-order chi connectivity index (χ0) is 9.31. The molecule has 0 amide bonds. The lowest BCUT2D eigenvalue weighted by atomic mass is 10.3. The number of aromatic nitrogens is 2. The van der Waals surface area contributed by atoms with E-state index in [9.17, 15) is 0 Å². The molecule has 1 aromatic rings. The van der Waals surface area contributed by atoms with Gasteiger partial charge < -0.3 is 9.47 Å². The summed E-state index contributed by atoms with van der Waals surface area (Å²) in [4.78, 5) is 0. The molecule has 1 aliphatic heterocycles. The molecule has 1 saturated heterocycles. The van der Waals surface area contributed by atoms with E-state index in [2.05, 4.69) is 10.2 Å². The van der Waals surface area contributed by atoms with Crippen molar-refractivity contribution in [3.8, 4) is 0 Å². The van der Waals surface area contributed by atoms with Crippen molar-refractivity contribution >= 4 is 0 Å². The first-order chi connectivity index (χ1) is 6.17. The van der Waals surface area contributed by atoms with Crippen LogP contribution in [0.25, 0.3) is 0 Å². The van der Waals surface area contributed by atoms with Crippen molar-refractivity contribution in [2.75, 3.05) is 6.61 Å². The molecule has 4 heteroatoms. The topological polar surface area (TPSA) is 44.2 Å². The molecule has 0 saturated carbocycles. The summed E-state index contributed by atoms with van der Waals surface area (Å²) < 4.78 is 11.0. The average Bonchev–Trinajstić information content (AvgIpc) is 2.48. The van der Waals surface area contributed by atoms with Gasteiger partial charge in [0.1, 0.15) is 6.10 Å². The molecule has 1 fully saturated rings. The van der Waals surface area contributed by atoms with Gasteiger partial charge in [-0.15, -0.1) is 0 Å². The molecule has 0 bridgehead atoms. The standard InChI is InChI=1S/C9H12N2O2/c1-9(2)12-6-8(13-9)7-4-3-5-10-11-7/h3-5,8H,6H2,1-2H3/i6+2. The number of nitrogens with zero attached hydrogens (tertiary/aromatic N) is 2. The van der Waals surface area contributed by atoms with E-state index < -0.39 is 5.79 Å². The zero-order valence-electron chi connectivity index (χ0n) is 7.73. The molecule has 0 spiro atoms. The summed E-state index contributed by atoms with van der Waals surface area (Å²) in [6.07, 6.45) is 1.56. The van der Waals surface area contributed by atoms with Gasteiger partial charge in [-0.05, 0) is 26.0 Å². The van der Waals surface area contributed by atoms with Crippen molar-refractivity contribution in [2.45, 2.75) is 25.7 Å². The second-order valence-electron chi connectivity index (χ2n) is 3.47. The van der Waals surface area contributed by atoms with Crippen LogP contribution in [0.3, 0.4) is 0 Å². The lowest BCUT2D eigenvalue weighted by molar-refractivity contribution is -0.139. The maximum absolute atomic E-state index is 5.61. The van der Waals surface area contributed by atoms with Crippen LogP contribution in [0.4, 0.5) is 0 Å². The Morgan fingerprint density at radius 2 is 2.38 bits per heavy atom. The van der Waals surface area contributed by atoms with Gasteiger partial charge in [-0.1, -0.05) is 0 Å². The van der Waals surface area contributed by atoms with Crippen LogP contribution in [-0.4, -0.2) is 22.6 Å². The second-order valence-corrected chi connectivity index (χ2v) is 3.47. The highest BCUT2D eigenvalue weighted by atomic mass is 16.9. The minimum absolute atomic E-state index is 0.0799. The number of hydrogen-bond donors (Lipinski definition) is 0. The summed E-state index contributed by atoms with van der Waals surface area (Å²) in [5.41, 5.74) is 0.827. The Balaban J connectivity index is 2.13. The second kappa shape index (κ2) is 3.05. The SMILES string of the molecule is CC1(C)O[14CH2]C(c2cccnn2)O1. The number of ether oxygens (including phenoxy) is 2. The number of hydrogen-bond acceptors (Lipinski definition) is 4. The Morgan fingerprint density at radius 3 is 2.92 bits per heavy atom. The van der Waals surface area contributed by atoms with Gasteiger partial charge in [0.15, 0.2) is 5.79 Å². The summed E-state index contributed by atoms with van der Waals surface area (Å²) in [6.45, 7) is 4.33. The van der Waals surface area contributed by atoms with Crippen LogP contribution in [0.5, 0.6) is 0 Å². The molecule has 70 valence electrons. The summed E-state index contributed by atoms with van der Waals surface area (Å²) in [6, 6.07) is 3.74. The summed E-state index contributed by atoms with van der Waals surface area (Å²) in [5, 5.41) is 7.76. The molecule has 2 rings (SSSR count). The van der Waals surface area contributed by atoms with Crippen LogP contribution in [-0.2, 0) is 9.47 Å². The minimum Gasteiger partial charge on any atom is -0.347 e. The highest BCUT2D eigenvalue weighted by Gasteiger charge is 2.34. The van der Waals surface area contributed by atoms with Crippen molar-refractivity contribution in [3.63, 3.8) is 0 Å². The fraction of sp³-hybridized carbons (Fsp3) is 0.556. The van der Waals surface area contributed by atoms with Gasteiger partial charge >= 0.3 is 0 Å². The van der Waals surface area contributed by atoms with E-state index in [-0.39, 0.29) is 6.10 Å². The van der Waals surface area contributed by atoms with Gasteiger partial charge in [0.05, 0.1) is 12.3 Å². The third-order valence-corrected chi connectivity index (χ3v) is 1.93. The molecule has 1 atom stereocenters. The molecule has 13 heavy (non-hydrogen) atoms. The fourth-order valence-electron chi connectivity index (χ4n) is 1.32. The maximum Gasteiger partial charge on any atom is 0.163 e. The van der Waals surface area contributed by atoms with E-state index in [4.69, 9.17) is 9.47 Å². The monoisotopic (exact) mass is 182 g/mol. The van der Waals surface area contributed by atoms with E-state index in [1.54, 1.807) is 6.20 Å². The third-order valence-electron chi connectivity index (χ3n) is 1.93. The molecule has 0 aliphatic carbocycles. The van der Waals surface area contributed by atoms with Crippen molar-refractivity contribution in [1.82, 2.24) is 10.2 Å². The largest absolute Gasteiger partial charge is 0.347 e. The molecule has 1 aromatic heterocycles. The fourth-order valence-corrected chi connectivity index (χ4v) is 1.32. The van der Waals surface area contributed by atoms with Gasteiger partial charge in [-0.3, -0.25) is 0 Å². The molecule has 2 heterocycles. The van der Waals surface area contributed by atoms with E-state index in [0.717, 1.165) is 5.69 Å². The predicted molar refractivity (Wildman–Crippen MR) is 45.9 cm³/mol. The average molecular weight is 182 g/mol. The first-order valence-corrected chi connectivity index (χ1v) is 4.27. The van der Waals surface area contributed by atoms with Gasteiger partial charge in [0.2, 0.25) is 0 Å². The molecule has 1 unspecified atom stereocenters. The van der Waals surface area contributed by atoms with Crippen molar-refractivity contribution < 1.29 is 9.47 Å².